The van der Waals surface area contributed by atoms with Crippen molar-refractivity contribution in [2.24, 2.45) is 11.3 Å². The van der Waals surface area contributed by atoms with Crippen molar-refractivity contribution in [2.75, 3.05) is 39.9 Å². The molecule has 27 heavy (non-hydrogen) atoms. The Morgan fingerprint density at radius 2 is 2.19 bits per heavy atom. The molecule has 4 heterocycles. The lowest BCUT2D eigenvalue weighted by molar-refractivity contribution is 0.0322. The van der Waals surface area contributed by atoms with E-state index in [1.165, 1.54) is 0 Å². The highest BCUT2D eigenvalue weighted by Crippen LogP contribution is 2.45. The van der Waals surface area contributed by atoms with Crippen LogP contribution in [0.25, 0.3) is 0 Å². The van der Waals surface area contributed by atoms with Gasteiger partial charge in [-0.3, -0.25) is 14.7 Å². The van der Waals surface area contributed by atoms with Crippen LogP contribution in [0.3, 0.4) is 0 Å². The van der Waals surface area contributed by atoms with Crippen LogP contribution in [0.5, 0.6) is 0 Å². The number of methoxy groups -OCH3 is 1. The summed E-state index contributed by atoms with van der Waals surface area (Å²) in [6, 6.07) is 7.63. The van der Waals surface area contributed by atoms with Crippen molar-refractivity contribution in [3.63, 3.8) is 0 Å². The van der Waals surface area contributed by atoms with Crippen molar-refractivity contribution < 1.29 is 13.9 Å². The zero-order chi connectivity index (χ0) is 18.7. The molecule has 1 amide bonds. The third-order valence-corrected chi connectivity index (χ3v) is 6.17. The van der Waals surface area contributed by atoms with Gasteiger partial charge >= 0.3 is 0 Å². The second kappa shape index (κ2) is 7.82. The molecule has 1 spiro atoms. The lowest BCUT2D eigenvalue weighted by atomic mass is 9.71. The number of nitrogens with zero attached hydrogens (tertiary/aromatic N) is 3. The number of carbonyl (C=O) groups is 1. The number of hydrogen-bond acceptors (Lipinski definition) is 5. The molecule has 144 valence electrons. The van der Waals surface area contributed by atoms with Crippen molar-refractivity contribution in [1.29, 1.82) is 0 Å². The lowest BCUT2D eigenvalue weighted by Crippen LogP contribution is -2.47. The Hall–Kier alpha value is -2.18. The average molecular weight is 369 g/mol. The fraction of sp³-hybridized carbons (Fsp3) is 0.524. The van der Waals surface area contributed by atoms with Gasteiger partial charge in [-0.2, -0.15) is 0 Å². The van der Waals surface area contributed by atoms with E-state index in [1.54, 1.807) is 25.8 Å². The molecule has 6 heteroatoms. The number of ether oxygens (including phenoxy) is 1. The minimum atomic E-state index is 0.0895. The largest absolute Gasteiger partial charge is 0.468 e. The predicted molar refractivity (Wildman–Crippen MR) is 101 cm³/mol. The molecule has 0 radical (unpaired) electrons. The topological polar surface area (TPSA) is 58.8 Å². The highest BCUT2D eigenvalue weighted by atomic mass is 16.5. The number of pyridine rings is 1. The van der Waals surface area contributed by atoms with Gasteiger partial charge in [0.05, 0.1) is 25.0 Å². The first-order chi connectivity index (χ1) is 13.2. The molecule has 2 aliphatic rings. The maximum Gasteiger partial charge on any atom is 0.255 e. The highest BCUT2D eigenvalue weighted by molar-refractivity contribution is 5.93. The molecule has 2 saturated heterocycles. The summed E-state index contributed by atoms with van der Waals surface area (Å²) in [4.78, 5) is 21.2. The third kappa shape index (κ3) is 3.77. The second-order valence-electron chi connectivity index (χ2n) is 7.80. The van der Waals surface area contributed by atoms with Crippen LogP contribution in [-0.2, 0) is 11.3 Å². The highest BCUT2D eigenvalue weighted by Gasteiger charge is 2.48. The summed E-state index contributed by atoms with van der Waals surface area (Å²) in [5.74, 6) is 1.59. The number of furan rings is 1. The fourth-order valence-electron chi connectivity index (χ4n) is 4.71. The first-order valence-corrected chi connectivity index (χ1v) is 9.63. The van der Waals surface area contributed by atoms with Gasteiger partial charge in [-0.15, -0.1) is 0 Å². The van der Waals surface area contributed by atoms with Gasteiger partial charge in [0, 0.05) is 51.6 Å². The van der Waals surface area contributed by atoms with E-state index in [9.17, 15) is 4.79 Å². The maximum absolute atomic E-state index is 12.7. The molecule has 0 N–H and O–H groups in total. The van der Waals surface area contributed by atoms with E-state index in [4.69, 9.17) is 9.15 Å². The molecule has 0 saturated carbocycles. The molecule has 4 rings (SSSR count). The summed E-state index contributed by atoms with van der Waals surface area (Å²) in [5, 5.41) is 0. The molecule has 2 aliphatic heterocycles. The van der Waals surface area contributed by atoms with Crippen molar-refractivity contribution >= 4 is 5.91 Å². The van der Waals surface area contributed by atoms with Crippen LogP contribution in [0.2, 0.25) is 0 Å². The van der Waals surface area contributed by atoms with E-state index in [-0.39, 0.29) is 11.3 Å². The third-order valence-electron chi connectivity index (χ3n) is 6.17. The molecule has 0 aromatic carbocycles. The summed E-state index contributed by atoms with van der Waals surface area (Å²) < 4.78 is 11.1. The maximum atomic E-state index is 12.7. The molecule has 6 nitrogen and oxygen atoms in total. The number of hydrogen-bond donors (Lipinski definition) is 0. The van der Waals surface area contributed by atoms with Gasteiger partial charge in [-0.05, 0) is 42.5 Å². The molecule has 1 unspecified atom stereocenters. The van der Waals surface area contributed by atoms with Gasteiger partial charge in [0.15, 0.2) is 0 Å². The van der Waals surface area contributed by atoms with Crippen LogP contribution >= 0.6 is 0 Å². The molecule has 2 aromatic rings. The molecular formula is C21H27N3O3. The van der Waals surface area contributed by atoms with Crippen LogP contribution in [0.1, 0.15) is 29.0 Å². The molecule has 2 fully saturated rings. The van der Waals surface area contributed by atoms with Gasteiger partial charge in [0.25, 0.3) is 5.91 Å². The van der Waals surface area contributed by atoms with E-state index in [1.807, 2.05) is 29.2 Å². The van der Waals surface area contributed by atoms with Crippen molar-refractivity contribution in [1.82, 2.24) is 14.8 Å². The summed E-state index contributed by atoms with van der Waals surface area (Å²) in [6.45, 7) is 5.26. The van der Waals surface area contributed by atoms with Crippen LogP contribution in [0.15, 0.2) is 47.3 Å². The van der Waals surface area contributed by atoms with Gasteiger partial charge in [0.1, 0.15) is 5.76 Å². The van der Waals surface area contributed by atoms with Crippen LogP contribution in [0, 0.1) is 11.3 Å². The number of carbonyl (C=O) groups excluding carboxylic acids is 1. The Bertz CT molecular complexity index is 739. The monoisotopic (exact) mass is 369 g/mol. The van der Waals surface area contributed by atoms with Crippen molar-refractivity contribution in [3.8, 4) is 0 Å². The lowest BCUT2D eigenvalue weighted by Gasteiger charge is -2.42. The van der Waals surface area contributed by atoms with Crippen LogP contribution in [-0.4, -0.2) is 60.6 Å². The number of amides is 1. The number of aromatic nitrogens is 1. The van der Waals surface area contributed by atoms with Gasteiger partial charge in [0.2, 0.25) is 0 Å². The summed E-state index contributed by atoms with van der Waals surface area (Å²) in [5.41, 5.74) is 0.890. The number of rotatable bonds is 5. The number of likely N-dealkylation sites (tertiary alicyclic amines) is 2. The fourth-order valence-corrected chi connectivity index (χ4v) is 4.71. The second-order valence-corrected chi connectivity index (χ2v) is 7.80. The Labute approximate surface area is 160 Å². The molecule has 0 bridgehead atoms. The first kappa shape index (κ1) is 18.2. The van der Waals surface area contributed by atoms with Gasteiger partial charge in [-0.1, -0.05) is 0 Å². The van der Waals surface area contributed by atoms with E-state index in [2.05, 4.69) is 9.88 Å². The Balaban J connectivity index is 1.42. The molecule has 1 atom stereocenters. The van der Waals surface area contributed by atoms with E-state index in [0.717, 1.165) is 57.9 Å². The predicted octanol–water partition coefficient (Wildman–Crippen LogP) is 2.68. The zero-order valence-electron chi connectivity index (χ0n) is 15.8. The zero-order valence-corrected chi connectivity index (χ0v) is 15.8. The summed E-state index contributed by atoms with van der Waals surface area (Å²) in [7, 11) is 1.78. The SMILES string of the molecule is COCC1CN(Cc2ccco2)CC12CCN(C(=O)c1cccnc1)CC2. The smallest absolute Gasteiger partial charge is 0.255 e. The van der Waals surface area contributed by atoms with E-state index in [0.29, 0.717) is 11.5 Å². The van der Waals surface area contributed by atoms with Gasteiger partial charge in [-0.25, -0.2) is 0 Å². The normalized spacial score (nSPS) is 22.4. The minimum Gasteiger partial charge on any atom is -0.468 e. The van der Waals surface area contributed by atoms with Crippen molar-refractivity contribution in [2.45, 2.75) is 19.4 Å². The summed E-state index contributed by atoms with van der Waals surface area (Å²) >= 11 is 0. The Morgan fingerprint density at radius 3 is 2.85 bits per heavy atom. The molecule has 2 aromatic heterocycles. The minimum absolute atomic E-state index is 0.0895. The number of piperidine rings is 1. The van der Waals surface area contributed by atoms with Crippen LogP contribution < -0.4 is 0 Å². The van der Waals surface area contributed by atoms with Crippen LogP contribution in [0.4, 0.5) is 0 Å². The Morgan fingerprint density at radius 1 is 1.33 bits per heavy atom. The summed E-state index contributed by atoms with van der Waals surface area (Å²) in [6.07, 6.45) is 7.12. The standard InChI is InChI=1S/C21H27N3O3/c1-26-15-18-13-23(14-19-5-3-11-27-19)16-21(18)6-9-24(10-7-21)20(25)17-4-2-8-22-12-17/h2-5,8,11-12,18H,6-7,9-10,13-16H2,1H3. The molecule has 0 aliphatic carbocycles. The van der Waals surface area contributed by atoms with Gasteiger partial charge < -0.3 is 14.1 Å². The quantitative estimate of drug-likeness (QED) is 0.811. The Kier molecular flexibility index (Phi) is 5.27. The van der Waals surface area contributed by atoms with E-state index >= 15 is 0 Å². The van der Waals surface area contributed by atoms with E-state index < -0.39 is 0 Å². The first-order valence-electron chi connectivity index (χ1n) is 9.63. The average Bonchev–Trinajstić information content (AvgIpc) is 3.32. The van der Waals surface area contributed by atoms with Crippen molar-refractivity contribution in [3.05, 3.63) is 54.2 Å². The molecular weight excluding hydrogens is 342 g/mol.